The molecule has 0 heterocycles. The van der Waals surface area contributed by atoms with Crippen molar-refractivity contribution in [3.05, 3.63) is 53.8 Å². The Morgan fingerprint density at radius 1 is 1.11 bits per heavy atom. The van der Waals surface area contributed by atoms with Crippen LogP contribution in [0.2, 0.25) is 0 Å². The van der Waals surface area contributed by atoms with Crippen molar-refractivity contribution in [2.45, 2.75) is 6.54 Å². The van der Waals surface area contributed by atoms with Crippen molar-refractivity contribution in [2.75, 3.05) is 14.2 Å². The topological polar surface area (TPSA) is 21.3 Å². The number of methoxy groups -OCH3 is 1. The van der Waals surface area contributed by atoms with E-state index < -0.39 is 0 Å². The molecule has 2 rings (SSSR count). The number of nitrogens with one attached hydrogen (secondary N) is 1. The van der Waals surface area contributed by atoms with Crippen LogP contribution in [0.1, 0.15) is 5.56 Å². The molecule has 0 aromatic heterocycles. The van der Waals surface area contributed by atoms with Crippen molar-refractivity contribution in [2.24, 2.45) is 0 Å². The summed E-state index contributed by atoms with van der Waals surface area (Å²) >= 11 is 0. The molecular weight excluding hydrogens is 229 g/mol. The molecule has 1 N–H and O–H groups in total. The molecular formula is C15H16FNO. The van der Waals surface area contributed by atoms with Gasteiger partial charge in [-0.05, 0) is 30.3 Å². The largest absolute Gasteiger partial charge is 0.497 e. The molecule has 0 aliphatic carbocycles. The Balaban J connectivity index is 2.30. The molecule has 2 aromatic carbocycles. The summed E-state index contributed by atoms with van der Waals surface area (Å²) in [6.07, 6.45) is 0. The number of hydrogen-bond donors (Lipinski definition) is 1. The van der Waals surface area contributed by atoms with Crippen molar-refractivity contribution in [3.8, 4) is 16.9 Å². The maximum absolute atomic E-state index is 13.9. The van der Waals surface area contributed by atoms with Crippen LogP contribution in [0.3, 0.4) is 0 Å². The van der Waals surface area contributed by atoms with Crippen LogP contribution in [-0.2, 0) is 6.54 Å². The summed E-state index contributed by atoms with van der Waals surface area (Å²) in [6.45, 7) is 0.811. The number of hydrogen-bond acceptors (Lipinski definition) is 2. The first-order valence-corrected chi connectivity index (χ1v) is 5.82. The van der Waals surface area contributed by atoms with Crippen LogP contribution >= 0.6 is 0 Å². The van der Waals surface area contributed by atoms with E-state index in [1.54, 1.807) is 12.1 Å². The third kappa shape index (κ3) is 2.68. The Hall–Kier alpha value is -1.87. The van der Waals surface area contributed by atoms with Crippen molar-refractivity contribution < 1.29 is 9.13 Å². The molecule has 3 heteroatoms. The molecule has 0 amide bonds. The highest BCUT2D eigenvalue weighted by molar-refractivity contribution is 5.65. The van der Waals surface area contributed by atoms with Gasteiger partial charge in [0.25, 0.3) is 0 Å². The zero-order valence-electron chi connectivity index (χ0n) is 10.5. The average molecular weight is 245 g/mol. The second-order valence-corrected chi connectivity index (χ2v) is 4.07. The van der Waals surface area contributed by atoms with E-state index in [0.29, 0.717) is 11.3 Å². The Kier molecular flexibility index (Phi) is 3.95. The fourth-order valence-corrected chi connectivity index (χ4v) is 1.86. The lowest BCUT2D eigenvalue weighted by Crippen LogP contribution is -2.04. The predicted octanol–water partition coefficient (Wildman–Crippen LogP) is 3.22. The van der Waals surface area contributed by atoms with Crippen molar-refractivity contribution in [1.29, 1.82) is 0 Å². The van der Waals surface area contributed by atoms with E-state index >= 15 is 0 Å². The van der Waals surface area contributed by atoms with Gasteiger partial charge in [0, 0.05) is 18.2 Å². The van der Waals surface area contributed by atoms with Crippen LogP contribution < -0.4 is 10.1 Å². The maximum atomic E-state index is 13.9. The average Bonchev–Trinajstić information content (AvgIpc) is 2.40. The molecule has 0 aliphatic rings. The van der Waals surface area contributed by atoms with Crippen LogP contribution in [0.5, 0.6) is 5.75 Å². The van der Waals surface area contributed by atoms with Crippen molar-refractivity contribution in [1.82, 2.24) is 5.32 Å². The number of ether oxygens (including phenoxy) is 1. The first kappa shape index (κ1) is 12.6. The molecule has 0 aliphatic heterocycles. The van der Waals surface area contributed by atoms with Gasteiger partial charge in [0.2, 0.25) is 0 Å². The molecule has 0 atom stereocenters. The SMILES string of the molecule is CNCc1ccc(-c2ccc(OC)cc2F)cc1. The van der Waals surface area contributed by atoms with E-state index in [4.69, 9.17) is 4.74 Å². The molecule has 0 fully saturated rings. The van der Waals surface area contributed by atoms with Gasteiger partial charge in [0.15, 0.2) is 0 Å². The number of halogens is 1. The minimum atomic E-state index is -0.268. The van der Waals surface area contributed by atoms with Gasteiger partial charge in [-0.15, -0.1) is 0 Å². The quantitative estimate of drug-likeness (QED) is 0.893. The summed E-state index contributed by atoms with van der Waals surface area (Å²) in [5.41, 5.74) is 2.64. The molecule has 0 spiro atoms. The van der Waals surface area contributed by atoms with Gasteiger partial charge < -0.3 is 10.1 Å². The van der Waals surface area contributed by atoms with Crippen LogP contribution in [0.4, 0.5) is 4.39 Å². The van der Waals surface area contributed by atoms with Gasteiger partial charge in [-0.25, -0.2) is 4.39 Å². The van der Waals surface area contributed by atoms with Gasteiger partial charge in [-0.2, -0.15) is 0 Å². The van der Waals surface area contributed by atoms with E-state index in [1.165, 1.54) is 18.7 Å². The van der Waals surface area contributed by atoms with E-state index in [2.05, 4.69) is 5.32 Å². The lowest BCUT2D eigenvalue weighted by molar-refractivity contribution is 0.411. The third-order valence-electron chi connectivity index (χ3n) is 2.82. The van der Waals surface area contributed by atoms with Crippen molar-refractivity contribution in [3.63, 3.8) is 0 Å². The molecule has 2 aromatic rings. The fourth-order valence-electron chi connectivity index (χ4n) is 1.86. The van der Waals surface area contributed by atoms with Gasteiger partial charge in [-0.3, -0.25) is 0 Å². The number of benzene rings is 2. The summed E-state index contributed by atoms with van der Waals surface area (Å²) in [5, 5.41) is 3.08. The summed E-state index contributed by atoms with van der Waals surface area (Å²) in [4.78, 5) is 0. The molecule has 0 radical (unpaired) electrons. The summed E-state index contributed by atoms with van der Waals surface area (Å²) in [7, 11) is 3.43. The summed E-state index contributed by atoms with van der Waals surface area (Å²) in [6, 6.07) is 12.7. The Morgan fingerprint density at radius 3 is 2.39 bits per heavy atom. The summed E-state index contributed by atoms with van der Waals surface area (Å²) < 4.78 is 18.9. The van der Waals surface area contributed by atoms with Gasteiger partial charge in [0.1, 0.15) is 11.6 Å². The first-order chi connectivity index (χ1) is 8.74. The second-order valence-electron chi connectivity index (χ2n) is 4.07. The van der Waals surface area contributed by atoms with E-state index in [-0.39, 0.29) is 5.82 Å². The molecule has 0 saturated carbocycles. The zero-order valence-corrected chi connectivity index (χ0v) is 10.5. The molecule has 94 valence electrons. The van der Waals surface area contributed by atoms with Gasteiger partial charge in [0.05, 0.1) is 7.11 Å². The lowest BCUT2D eigenvalue weighted by atomic mass is 10.0. The minimum absolute atomic E-state index is 0.268. The fraction of sp³-hybridized carbons (Fsp3) is 0.200. The normalized spacial score (nSPS) is 10.4. The lowest BCUT2D eigenvalue weighted by Gasteiger charge is -2.07. The Labute approximate surface area is 106 Å². The highest BCUT2D eigenvalue weighted by Gasteiger charge is 2.06. The van der Waals surface area contributed by atoms with Crippen LogP contribution in [0, 0.1) is 5.82 Å². The monoisotopic (exact) mass is 245 g/mol. The van der Waals surface area contributed by atoms with Crippen LogP contribution in [0.25, 0.3) is 11.1 Å². The van der Waals surface area contributed by atoms with E-state index in [1.807, 2.05) is 31.3 Å². The maximum Gasteiger partial charge on any atom is 0.134 e. The summed E-state index contributed by atoms with van der Waals surface area (Å²) in [5.74, 6) is 0.263. The zero-order chi connectivity index (χ0) is 13.0. The molecule has 18 heavy (non-hydrogen) atoms. The van der Waals surface area contributed by atoms with Crippen LogP contribution in [-0.4, -0.2) is 14.2 Å². The first-order valence-electron chi connectivity index (χ1n) is 5.82. The Morgan fingerprint density at radius 2 is 1.83 bits per heavy atom. The highest BCUT2D eigenvalue weighted by atomic mass is 19.1. The van der Waals surface area contributed by atoms with Crippen LogP contribution in [0.15, 0.2) is 42.5 Å². The third-order valence-corrected chi connectivity index (χ3v) is 2.82. The highest BCUT2D eigenvalue weighted by Crippen LogP contribution is 2.26. The van der Waals surface area contributed by atoms with Gasteiger partial charge in [-0.1, -0.05) is 24.3 Å². The number of rotatable bonds is 4. The second kappa shape index (κ2) is 5.65. The van der Waals surface area contributed by atoms with Gasteiger partial charge >= 0.3 is 0 Å². The Bertz CT molecular complexity index is 523. The molecule has 0 unspecified atom stereocenters. The van der Waals surface area contributed by atoms with Crippen molar-refractivity contribution >= 4 is 0 Å². The minimum Gasteiger partial charge on any atom is -0.497 e. The van der Waals surface area contributed by atoms with E-state index in [0.717, 1.165) is 12.1 Å². The smallest absolute Gasteiger partial charge is 0.134 e. The standard InChI is InChI=1S/C15H16FNO/c1-17-10-11-3-5-12(6-4-11)14-8-7-13(18-2)9-15(14)16/h3-9,17H,10H2,1-2H3. The molecule has 0 saturated heterocycles. The predicted molar refractivity (Wildman–Crippen MR) is 71.2 cm³/mol. The molecule has 0 bridgehead atoms. The van der Waals surface area contributed by atoms with E-state index in [9.17, 15) is 4.39 Å². The molecule has 2 nitrogen and oxygen atoms in total.